The van der Waals surface area contributed by atoms with Gasteiger partial charge in [0.05, 0.1) is 15.9 Å². The second kappa shape index (κ2) is 5.70. The molecular weight excluding hydrogens is 322 g/mol. The van der Waals surface area contributed by atoms with Gasteiger partial charge in [-0.05, 0) is 23.5 Å². The molecule has 4 rings (SSSR count). The van der Waals surface area contributed by atoms with Crippen LogP contribution >= 0.6 is 0 Å². The summed E-state index contributed by atoms with van der Waals surface area (Å²) < 4.78 is 0. The number of hydrogen-bond donors (Lipinski definition) is 1. The SMILES string of the molecule is O=[N+]([O-])c1ccc([C@@H]2Nc3c(cccc3[N+](=O)[O-])[C@@H]3C=CC[C@H]32)cc1. The molecule has 0 fully saturated rings. The van der Waals surface area contributed by atoms with Gasteiger partial charge in [-0.2, -0.15) is 0 Å². The molecule has 0 saturated carbocycles. The maximum atomic E-state index is 11.4. The van der Waals surface area contributed by atoms with Crippen molar-refractivity contribution in [2.75, 3.05) is 5.32 Å². The zero-order valence-electron chi connectivity index (χ0n) is 13.2. The number of nitrogens with zero attached hydrogens (tertiary/aromatic N) is 2. The number of non-ortho nitro benzene ring substituents is 1. The average Bonchev–Trinajstić information content (AvgIpc) is 3.10. The molecule has 3 atom stereocenters. The third-order valence-corrected chi connectivity index (χ3v) is 5.03. The van der Waals surface area contributed by atoms with Crippen LogP contribution in [0.15, 0.2) is 54.6 Å². The molecule has 0 spiro atoms. The van der Waals surface area contributed by atoms with E-state index < -0.39 is 4.92 Å². The molecule has 7 heteroatoms. The van der Waals surface area contributed by atoms with Crippen LogP contribution in [0.5, 0.6) is 0 Å². The molecule has 2 aromatic carbocycles. The fourth-order valence-corrected chi connectivity index (χ4v) is 3.89. The Morgan fingerprint density at radius 1 is 1.00 bits per heavy atom. The first-order valence-electron chi connectivity index (χ1n) is 8.01. The van der Waals surface area contributed by atoms with E-state index in [1.54, 1.807) is 18.2 Å². The molecule has 7 nitrogen and oxygen atoms in total. The van der Waals surface area contributed by atoms with Gasteiger partial charge in [0.2, 0.25) is 0 Å². The minimum atomic E-state index is -0.432. The standard InChI is InChI=1S/C18H15N3O4/c22-20(23)12-9-7-11(8-10-12)17-14-4-1-3-13(14)15-5-2-6-16(21(24)25)18(15)19-17/h1-3,5-10,13-14,17,19H,4H2/t13-,14-,17+/m1/s1. The Kier molecular flexibility index (Phi) is 3.49. The van der Waals surface area contributed by atoms with Crippen LogP contribution in [0.2, 0.25) is 0 Å². The molecule has 0 saturated heterocycles. The largest absolute Gasteiger partial charge is 0.372 e. The second-order valence-electron chi connectivity index (χ2n) is 6.32. The van der Waals surface area contributed by atoms with Crippen molar-refractivity contribution in [3.63, 3.8) is 0 Å². The van der Waals surface area contributed by atoms with Crippen molar-refractivity contribution in [1.29, 1.82) is 0 Å². The normalized spacial score (nSPS) is 23.4. The molecule has 1 N–H and O–H groups in total. The average molecular weight is 337 g/mol. The molecule has 0 bridgehead atoms. The quantitative estimate of drug-likeness (QED) is 0.510. The first-order chi connectivity index (χ1) is 12.1. The van der Waals surface area contributed by atoms with E-state index in [0.29, 0.717) is 5.69 Å². The predicted octanol–water partition coefficient (Wildman–Crippen LogP) is 4.33. The Balaban J connectivity index is 1.78. The fraction of sp³-hybridized carbons (Fsp3) is 0.222. The molecule has 1 aliphatic carbocycles. The maximum absolute atomic E-state index is 11.4. The zero-order chi connectivity index (χ0) is 17.6. The van der Waals surface area contributed by atoms with Gasteiger partial charge >= 0.3 is 0 Å². The number of nitro benzene ring substituents is 2. The highest BCUT2D eigenvalue weighted by Crippen LogP contribution is 2.51. The number of hydrogen-bond acceptors (Lipinski definition) is 5. The molecule has 2 aromatic rings. The van der Waals surface area contributed by atoms with Crippen LogP contribution in [-0.2, 0) is 0 Å². The highest BCUT2D eigenvalue weighted by atomic mass is 16.6. The molecule has 2 aliphatic rings. The van der Waals surface area contributed by atoms with Crippen molar-refractivity contribution in [3.05, 3.63) is 86.0 Å². The number of anilines is 1. The summed E-state index contributed by atoms with van der Waals surface area (Å²) in [5, 5.41) is 25.6. The van der Waals surface area contributed by atoms with Crippen molar-refractivity contribution in [2.45, 2.75) is 18.4 Å². The van der Waals surface area contributed by atoms with Crippen LogP contribution in [-0.4, -0.2) is 9.85 Å². The number of benzene rings is 2. The molecule has 25 heavy (non-hydrogen) atoms. The van der Waals surface area contributed by atoms with E-state index in [1.165, 1.54) is 18.2 Å². The van der Waals surface area contributed by atoms with E-state index in [0.717, 1.165) is 17.5 Å². The van der Waals surface area contributed by atoms with Gasteiger partial charge in [0, 0.05) is 24.1 Å². The monoisotopic (exact) mass is 337 g/mol. The Labute approximate surface area is 143 Å². The number of para-hydroxylation sites is 1. The molecular formula is C18H15N3O4. The van der Waals surface area contributed by atoms with Crippen LogP contribution in [0.3, 0.4) is 0 Å². The summed E-state index contributed by atoms with van der Waals surface area (Å²) in [4.78, 5) is 21.5. The van der Waals surface area contributed by atoms with Gasteiger partial charge < -0.3 is 5.32 Å². The highest BCUT2D eigenvalue weighted by Gasteiger charge is 2.40. The number of nitrogens with one attached hydrogen (secondary N) is 1. The first kappa shape index (κ1) is 15.3. The lowest BCUT2D eigenvalue weighted by atomic mass is 9.77. The smallest absolute Gasteiger partial charge is 0.292 e. The van der Waals surface area contributed by atoms with Crippen LogP contribution in [0.4, 0.5) is 17.1 Å². The molecule has 0 radical (unpaired) electrons. The van der Waals surface area contributed by atoms with Crippen molar-refractivity contribution in [2.24, 2.45) is 5.92 Å². The van der Waals surface area contributed by atoms with Crippen LogP contribution in [0.25, 0.3) is 0 Å². The topological polar surface area (TPSA) is 98.3 Å². The van der Waals surface area contributed by atoms with Gasteiger partial charge in [-0.1, -0.05) is 36.4 Å². The third kappa shape index (κ3) is 2.44. The second-order valence-corrected chi connectivity index (χ2v) is 6.32. The molecule has 0 unspecified atom stereocenters. The van der Waals surface area contributed by atoms with E-state index in [4.69, 9.17) is 0 Å². The molecule has 0 amide bonds. The summed E-state index contributed by atoms with van der Waals surface area (Å²) in [6, 6.07) is 11.4. The van der Waals surface area contributed by atoms with E-state index in [-0.39, 0.29) is 34.2 Å². The van der Waals surface area contributed by atoms with E-state index in [1.807, 2.05) is 6.07 Å². The summed E-state index contributed by atoms with van der Waals surface area (Å²) in [6.45, 7) is 0. The number of nitro groups is 2. The Morgan fingerprint density at radius 2 is 1.76 bits per heavy atom. The lowest BCUT2D eigenvalue weighted by molar-refractivity contribution is -0.384. The van der Waals surface area contributed by atoms with Gasteiger partial charge in [-0.25, -0.2) is 0 Å². The number of rotatable bonds is 3. The van der Waals surface area contributed by atoms with Crippen molar-refractivity contribution < 1.29 is 9.85 Å². The minimum Gasteiger partial charge on any atom is -0.372 e. The lowest BCUT2D eigenvalue weighted by Crippen LogP contribution is -2.29. The predicted molar refractivity (Wildman–Crippen MR) is 92.5 cm³/mol. The summed E-state index contributed by atoms with van der Waals surface area (Å²) >= 11 is 0. The van der Waals surface area contributed by atoms with Gasteiger partial charge in [0.1, 0.15) is 5.69 Å². The van der Waals surface area contributed by atoms with E-state index in [9.17, 15) is 20.2 Å². The first-order valence-corrected chi connectivity index (χ1v) is 8.01. The number of allylic oxidation sites excluding steroid dienone is 2. The molecule has 1 heterocycles. The summed E-state index contributed by atoms with van der Waals surface area (Å²) in [7, 11) is 0. The minimum absolute atomic E-state index is 0.0343. The highest BCUT2D eigenvalue weighted by molar-refractivity contribution is 5.71. The molecule has 1 aliphatic heterocycles. The Hall–Kier alpha value is -3.22. The van der Waals surface area contributed by atoms with Gasteiger partial charge in [0.15, 0.2) is 0 Å². The van der Waals surface area contributed by atoms with Crippen molar-refractivity contribution >= 4 is 17.1 Å². The van der Waals surface area contributed by atoms with E-state index in [2.05, 4.69) is 17.5 Å². The summed E-state index contributed by atoms with van der Waals surface area (Å²) in [5.41, 5.74) is 2.47. The maximum Gasteiger partial charge on any atom is 0.292 e. The van der Waals surface area contributed by atoms with Crippen LogP contribution < -0.4 is 5.32 Å². The zero-order valence-corrected chi connectivity index (χ0v) is 13.2. The molecule has 126 valence electrons. The van der Waals surface area contributed by atoms with Gasteiger partial charge in [0.25, 0.3) is 11.4 Å². The van der Waals surface area contributed by atoms with Crippen LogP contribution in [0, 0.1) is 26.1 Å². The molecule has 0 aromatic heterocycles. The van der Waals surface area contributed by atoms with Crippen molar-refractivity contribution in [1.82, 2.24) is 0 Å². The van der Waals surface area contributed by atoms with Gasteiger partial charge in [-0.3, -0.25) is 20.2 Å². The lowest BCUT2D eigenvalue weighted by Gasteiger charge is -2.37. The fourth-order valence-electron chi connectivity index (χ4n) is 3.89. The Morgan fingerprint density at radius 3 is 2.44 bits per heavy atom. The van der Waals surface area contributed by atoms with Gasteiger partial charge in [-0.15, -0.1) is 0 Å². The summed E-state index contributed by atoms with van der Waals surface area (Å²) in [5.74, 6) is 0.340. The van der Waals surface area contributed by atoms with Crippen molar-refractivity contribution in [3.8, 4) is 0 Å². The van der Waals surface area contributed by atoms with Crippen LogP contribution in [0.1, 0.15) is 29.5 Å². The third-order valence-electron chi connectivity index (χ3n) is 5.03. The number of fused-ring (bicyclic) bond motifs is 3. The van der Waals surface area contributed by atoms with E-state index >= 15 is 0 Å². The Bertz CT molecular complexity index is 892. The summed E-state index contributed by atoms with van der Waals surface area (Å²) in [6.07, 6.45) is 5.07.